The van der Waals surface area contributed by atoms with Gasteiger partial charge >= 0.3 is 6.03 Å². The summed E-state index contributed by atoms with van der Waals surface area (Å²) in [4.78, 5) is 50.3. The molecule has 1 saturated heterocycles. The number of nitrogens with one attached hydrogen (secondary N) is 1. The van der Waals surface area contributed by atoms with Crippen molar-refractivity contribution >= 4 is 40.4 Å². The molecule has 12 nitrogen and oxygen atoms in total. The molecule has 0 spiro atoms. The van der Waals surface area contributed by atoms with Gasteiger partial charge in [-0.05, 0) is 49.1 Å². The number of piperidine rings is 1. The largest absolute Gasteiger partial charge is 0.354 e. The van der Waals surface area contributed by atoms with E-state index in [4.69, 9.17) is 21.7 Å². The zero-order valence-electron chi connectivity index (χ0n) is 22.1. The number of nitrogens with two attached hydrogens (primary N) is 2. The number of likely N-dealkylation sites (tertiary alicyclic amines) is 1. The molecule has 1 aromatic carbocycles. The van der Waals surface area contributed by atoms with Crippen molar-refractivity contribution in [2.45, 2.75) is 38.6 Å². The van der Waals surface area contributed by atoms with Gasteiger partial charge in [-0.15, -0.1) is 0 Å². The average Bonchev–Trinajstić information content (AvgIpc) is 3.34. The Kier molecular flexibility index (Phi) is 8.41. The Hall–Kier alpha value is -4.50. The first-order valence-electron chi connectivity index (χ1n) is 12.9. The number of carbonyl (C=O) groups is 3. The van der Waals surface area contributed by atoms with E-state index in [0.717, 1.165) is 18.4 Å². The van der Waals surface area contributed by atoms with E-state index in [2.05, 4.69) is 17.2 Å². The van der Waals surface area contributed by atoms with E-state index in [0.29, 0.717) is 42.2 Å². The summed E-state index contributed by atoms with van der Waals surface area (Å²) in [7, 11) is 1.87. The van der Waals surface area contributed by atoms with Crippen molar-refractivity contribution in [1.82, 2.24) is 19.4 Å². The van der Waals surface area contributed by atoms with E-state index in [1.54, 1.807) is 11.0 Å². The maximum atomic E-state index is 12.9. The van der Waals surface area contributed by atoms with Crippen molar-refractivity contribution in [1.29, 1.82) is 5.26 Å². The molecule has 4 rings (SSSR count). The molecule has 0 saturated carbocycles. The highest BCUT2D eigenvalue weighted by atomic mass is 16.2. The normalized spacial score (nSPS) is 17.0. The van der Waals surface area contributed by atoms with E-state index in [1.165, 1.54) is 10.8 Å². The third-order valence-corrected chi connectivity index (χ3v) is 7.13. The second-order valence-corrected chi connectivity index (χ2v) is 9.80. The molecule has 1 aliphatic heterocycles. The summed E-state index contributed by atoms with van der Waals surface area (Å²) in [5.74, 6) is 0.456. The van der Waals surface area contributed by atoms with Crippen LogP contribution in [0.4, 0.5) is 16.3 Å². The van der Waals surface area contributed by atoms with Crippen LogP contribution in [0.2, 0.25) is 0 Å². The van der Waals surface area contributed by atoms with Gasteiger partial charge in [-0.25, -0.2) is 14.8 Å². The first kappa shape index (κ1) is 27.5. The van der Waals surface area contributed by atoms with Gasteiger partial charge in [-0.3, -0.25) is 14.2 Å². The van der Waals surface area contributed by atoms with Crippen LogP contribution in [-0.4, -0.2) is 70.0 Å². The molecule has 3 heterocycles. The standard InChI is InChI=1S/C27H33N9O3/c1-17-9-13-35(24(38)8-12-29)16-21(17)34(2)25-20-10-14-36(27(30)39)26(20)33-22(32-25)15-23(37)31-19-5-3-18(4-6-19)7-11-28/h3-6,10,14,17,21H,7-9,11,13,15-16,28H2,1-2H3,(H2,30,39)(H,31,37)/t17-,21+/m1/s1. The molecule has 3 aromatic rings. The smallest absolute Gasteiger partial charge is 0.324 e. The Morgan fingerprint density at radius 1 is 1.21 bits per heavy atom. The van der Waals surface area contributed by atoms with Crippen LogP contribution in [-0.2, 0) is 22.4 Å². The third kappa shape index (κ3) is 6.15. The van der Waals surface area contributed by atoms with Crippen LogP contribution in [0.25, 0.3) is 11.0 Å². The van der Waals surface area contributed by atoms with Gasteiger partial charge in [-0.1, -0.05) is 19.1 Å². The van der Waals surface area contributed by atoms with E-state index in [1.807, 2.05) is 42.3 Å². The van der Waals surface area contributed by atoms with Gasteiger partial charge in [0.1, 0.15) is 18.1 Å². The fourth-order valence-corrected chi connectivity index (χ4v) is 4.95. The Balaban J connectivity index is 1.62. The summed E-state index contributed by atoms with van der Waals surface area (Å²) in [5, 5.41) is 12.4. The zero-order chi connectivity index (χ0) is 28.1. The number of nitrogens with zero attached hydrogens (tertiary/aromatic N) is 6. The fraction of sp³-hybridized carbons (Fsp3) is 0.407. The molecule has 12 heteroatoms. The highest BCUT2D eigenvalue weighted by Crippen LogP contribution is 2.30. The highest BCUT2D eigenvalue weighted by molar-refractivity contribution is 5.96. The molecule has 2 aromatic heterocycles. The summed E-state index contributed by atoms with van der Waals surface area (Å²) < 4.78 is 1.22. The predicted molar refractivity (Wildman–Crippen MR) is 147 cm³/mol. The minimum atomic E-state index is -0.704. The quantitative estimate of drug-likeness (QED) is 0.393. The molecule has 3 amide bonds. The lowest BCUT2D eigenvalue weighted by atomic mass is 9.92. The SMILES string of the molecule is C[C@@H]1CCN(C(=O)CC#N)C[C@@H]1N(C)c1nc(CC(=O)Nc2ccc(CCN)cc2)nc2c1ccn2C(N)=O. The van der Waals surface area contributed by atoms with Crippen molar-refractivity contribution in [3.8, 4) is 6.07 Å². The first-order valence-corrected chi connectivity index (χ1v) is 12.9. The summed E-state index contributed by atoms with van der Waals surface area (Å²) in [6, 6.07) is 10.3. The van der Waals surface area contributed by atoms with E-state index in [9.17, 15) is 14.4 Å². The lowest BCUT2D eigenvalue weighted by molar-refractivity contribution is -0.131. The summed E-state index contributed by atoms with van der Waals surface area (Å²) in [6.07, 6.45) is 2.75. The Morgan fingerprint density at radius 2 is 1.95 bits per heavy atom. The number of carbonyl (C=O) groups excluding carboxylic acids is 3. The number of likely N-dealkylation sites (N-methyl/N-ethyl adjacent to an activating group) is 1. The molecule has 2 atom stereocenters. The van der Waals surface area contributed by atoms with Crippen LogP contribution in [0.3, 0.4) is 0 Å². The lowest BCUT2D eigenvalue weighted by Gasteiger charge is -2.42. The van der Waals surface area contributed by atoms with Crippen LogP contribution >= 0.6 is 0 Å². The molecule has 0 bridgehead atoms. The van der Waals surface area contributed by atoms with Crippen molar-refractivity contribution < 1.29 is 14.4 Å². The molecule has 1 fully saturated rings. The van der Waals surface area contributed by atoms with E-state index >= 15 is 0 Å². The van der Waals surface area contributed by atoms with Gasteiger partial charge in [0, 0.05) is 32.0 Å². The van der Waals surface area contributed by atoms with Crippen molar-refractivity contribution in [3.05, 3.63) is 47.9 Å². The monoisotopic (exact) mass is 531 g/mol. The molecule has 5 N–H and O–H groups in total. The van der Waals surface area contributed by atoms with Crippen LogP contribution in [0.15, 0.2) is 36.5 Å². The number of benzene rings is 1. The number of primary amides is 1. The van der Waals surface area contributed by atoms with Crippen molar-refractivity contribution in [3.63, 3.8) is 0 Å². The highest BCUT2D eigenvalue weighted by Gasteiger charge is 2.33. The van der Waals surface area contributed by atoms with E-state index < -0.39 is 6.03 Å². The van der Waals surface area contributed by atoms with E-state index in [-0.39, 0.29) is 42.4 Å². The van der Waals surface area contributed by atoms with Crippen molar-refractivity contribution in [2.75, 3.05) is 36.9 Å². The molecule has 0 unspecified atom stereocenters. The van der Waals surface area contributed by atoms with Gasteiger partial charge < -0.3 is 26.6 Å². The van der Waals surface area contributed by atoms with Gasteiger partial charge in [0.25, 0.3) is 0 Å². The third-order valence-electron chi connectivity index (χ3n) is 7.13. The number of hydrogen-bond acceptors (Lipinski definition) is 8. The maximum absolute atomic E-state index is 12.9. The maximum Gasteiger partial charge on any atom is 0.324 e. The number of amides is 3. The Labute approximate surface area is 226 Å². The average molecular weight is 532 g/mol. The summed E-state index contributed by atoms with van der Waals surface area (Å²) in [5.41, 5.74) is 13.2. The molecular formula is C27H33N9O3. The van der Waals surface area contributed by atoms with Gasteiger partial charge in [0.05, 0.1) is 23.9 Å². The molecule has 39 heavy (non-hydrogen) atoms. The Bertz CT molecular complexity index is 1410. The molecular weight excluding hydrogens is 498 g/mol. The lowest BCUT2D eigenvalue weighted by Crippen LogP contribution is -2.52. The minimum Gasteiger partial charge on any atom is -0.354 e. The second kappa shape index (κ2) is 11.9. The summed E-state index contributed by atoms with van der Waals surface area (Å²) in [6.45, 7) is 3.66. The summed E-state index contributed by atoms with van der Waals surface area (Å²) >= 11 is 0. The molecule has 204 valence electrons. The number of hydrogen-bond donors (Lipinski definition) is 3. The number of nitriles is 1. The van der Waals surface area contributed by atoms with Crippen LogP contribution in [0.1, 0.15) is 31.2 Å². The van der Waals surface area contributed by atoms with Crippen molar-refractivity contribution in [2.24, 2.45) is 17.4 Å². The number of aromatic nitrogens is 3. The predicted octanol–water partition coefficient (Wildman–Crippen LogP) is 1.63. The topological polar surface area (TPSA) is 176 Å². The second-order valence-electron chi connectivity index (χ2n) is 9.80. The van der Waals surface area contributed by atoms with Crippen LogP contribution in [0, 0.1) is 17.2 Å². The molecule has 0 aliphatic carbocycles. The van der Waals surface area contributed by atoms with Crippen LogP contribution < -0.4 is 21.7 Å². The number of fused-ring (bicyclic) bond motifs is 1. The zero-order valence-corrected chi connectivity index (χ0v) is 22.1. The van der Waals surface area contributed by atoms with Gasteiger partial charge in [0.15, 0.2) is 5.65 Å². The molecule has 1 aliphatic rings. The number of rotatable bonds is 8. The van der Waals surface area contributed by atoms with Crippen LogP contribution in [0.5, 0.6) is 0 Å². The minimum absolute atomic E-state index is 0.106. The fourth-order valence-electron chi connectivity index (χ4n) is 4.95. The molecule has 0 radical (unpaired) electrons. The first-order chi connectivity index (χ1) is 18.7. The van der Waals surface area contributed by atoms with Gasteiger partial charge in [-0.2, -0.15) is 5.26 Å². The van der Waals surface area contributed by atoms with Gasteiger partial charge in [0.2, 0.25) is 11.8 Å². The number of anilines is 2. The Morgan fingerprint density at radius 3 is 2.62 bits per heavy atom.